The molecule has 0 unspecified atom stereocenters. The molecule has 1 N–H and O–H groups in total. The Morgan fingerprint density at radius 3 is 2.78 bits per heavy atom. The van der Waals surface area contributed by atoms with E-state index in [-0.39, 0.29) is 24.6 Å². The van der Waals surface area contributed by atoms with Crippen LogP contribution in [0.2, 0.25) is 0 Å². The van der Waals surface area contributed by atoms with E-state index in [2.05, 4.69) is 15.4 Å². The van der Waals surface area contributed by atoms with E-state index in [4.69, 9.17) is 4.42 Å². The molecule has 0 aliphatic heterocycles. The van der Waals surface area contributed by atoms with Crippen LogP contribution in [-0.4, -0.2) is 27.2 Å². The quantitative estimate of drug-likeness (QED) is 0.590. The van der Waals surface area contributed by atoms with Crippen LogP contribution in [0, 0.1) is 0 Å². The third-order valence-corrected chi connectivity index (χ3v) is 4.08. The first kappa shape index (κ1) is 16.7. The Labute approximate surface area is 154 Å². The van der Waals surface area contributed by atoms with Crippen LogP contribution in [0.4, 0.5) is 0 Å². The number of pyridine rings is 1. The van der Waals surface area contributed by atoms with Crippen molar-refractivity contribution in [3.63, 3.8) is 0 Å². The second kappa shape index (κ2) is 7.25. The standard InChI is InChI=1S/C20H16N4O3/c25-19-10-9-16(18-6-3-13-27-18)23-24(19)12-11-21-20(26)17-8-7-14-4-1-2-5-15(14)22-17/h1-10,13H,11-12H2,(H,21,26). The highest BCUT2D eigenvalue weighted by molar-refractivity contribution is 5.94. The Bertz CT molecular complexity index is 1150. The summed E-state index contributed by atoms with van der Waals surface area (Å²) in [6.45, 7) is 0.495. The number of amides is 1. The second-order valence-electron chi connectivity index (χ2n) is 5.90. The first-order chi connectivity index (χ1) is 13.2. The molecule has 0 atom stereocenters. The summed E-state index contributed by atoms with van der Waals surface area (Å²) >= 11 is 0. The van der Waals surface area contributed by atoms with E-state index in [1.807, 2.05) is 30.3 Å². The Kier molecular flexibility index (Phi) is 4.49. The van der Waals surface area contributed by atoms with Crippen LogP contribution in [0.25, 0.3) is 22.4 Å². The Morgan fingerprint density at radius 1 is 1.04 bits per heavy atom. The van der Waals surface area contributed by atoms with Gasteiger partial charge in [0, 0.05) is 18.0 Å². The summed E-state index contributed by atoms with van der Waals surface area (Å²) in [5, 5.41) is 8.01. The number of hydrogen-bond acceptors (Lipinski definition) is 5. The number of furan rings is 1. The van der Waals surface area contributed by atoms with Crippen molar-refractivity contribution in [1.29, 1.82) is 0 Å². The third-order valence-electron chi connectivity index (χ3n) is 4.08. The van der Waals surface area contributed by atoms with Gasteiger partial charge in [0.25, 0.3) is 11.5 Å². The number of rotatable bonds is 5. The van der Waals surface area contributed by atoms with Gasteiger partial charge in [-0.1, -0.05) is 24.3 Å². The summed E-state index contributed by atoms with van der Waals surface area (Å²) in [4.78, 5) is 28.7. The van der Waals surface area contributed by atoms with Gasteiger partial charge >= 0.3 is 0 Å². The highest BCUT2D eigenvalue weighted by Crippen LogP contribution is 2.15. The van der Waals surface area contributed by atoms with Gasteiger partial charge in [0.15, 0.2) is 5.76 Å². The predicted molar refractivity (Wildman–Crippen MR) is 100 cm³/mol. The van der Waals surface area contributed by atoms with Gasteiger partial charge in [-0.2, -0.15) is 5.10 Å². The van der Waals surface area contributed by atoms with E-state index in [9.17, 15) is 9.59 Å². The highest BCUT2D eigenvalue weighted by atomic mass is 16.3. The normalized spacial score (nSPS) is 10.8. The number of fused-ring (bicyclic) bond motifs is 1. The monoisotopic (exact) mass is 360 g/mol. The molecule has 27 heavy (non-hydrogen) atoms. The van der Waals surface area contributed by atoms with Crippen molar-refractivity contribution < 1.29 is 9.21 Å². The van der Waals surface area contributed by atoms with Gasteiger partial charge in [0.1, 0.15) is 11.4 Å². The number of aromatic nitrogens is 3. The first-order valence-electron chi connectivity index (χ1n) is 8.47. The average molecular weight is 360 g/mol. The van der Waals surface area contributed by atoms with Crippen LogP contribution in [0.1, 0.15) is 10.5 Å². The third kappa shape index (κ3) is 3.62. The van der Waals surface area contributed by atoms with Gasteiger partial charge in [-0.3, -0.25) is 9.59 Å². The Morgan fingerprint density at radius 2 is 1.93 bits per heavy atom. The molecule has 0 spiro atoms. The van der Waals surface area contributed by atoms with Gasteiger partial charge in [0.05, 0.1) is 18.3 Å². The molecule has 0 saturated carbocycles. The maximum atomic E-state index is 12.3. The number of para-hydroxylation sites is 1. The van der Waals surface area contributed by atoms with Crippen LogP contribution < -0.4 is 10.9 Å². The Hall–Kier alpha value is -3.74. The number of nitrogens with zero attached hydrogens (tertiary/aromatic N) is 3. The molecule has 4 rings (SSSR count). The molecule has 0 saturated heterocycles. The molecule has 3 heterocycles. The zero-order valence-electron chi connectivity index (χ0n) is 14.3. The van der Waals surface area contributed by atoms with Gasteiger partial charge in [-0.15, -0.1) is 0 Å². The van der Waals surface area contributed by atoms with Crippen molar-refractivity contribution in [2.24, 2.45) is 0 Å². The topological polar surface area (TPSA) is 90.0 Å². The molecule has 0 aliphatic rings. The largest absolute Gasteiger partial charge is 0.463 e. The number of benzene rings is 1. The van der Waals surface area contributed by atoms with Crippen molar-refractivity contribution >= 4 is 16.8 Å². The summed E-state index contributed by atoms with van der Waals surface area (Å²) in [5.41, 5.74) is 1.40. The highest BCUT2D eigenvalue weighted by Gasteiger charge is 2.09. The summed E-state index contributed by atoms with van der Waals surface area (Å²) in [7, 11) is 0. The van der Waals surface area contributed by atoms with Gasteiger partial charge < -0.3 is 9.73 Å². The SMILES string of the molecule is O=C(NCCn1nc(-c2ccco2)ccc1=O)c1ccc2ccccc2n1. The first-order valence-corrected chi connectivity index (χ1v) is 8.47. The summed E-state index contributed by atoms with van der Waals surface area (Å²) in [5.74, 6) is 0.282. The summed E-state index contributed by atoms with van der Waals surface area (Å²) in [6.07, 6.45) is 1.54. The fourth-order valence-electron chi connectivity index (χ4n) is 2.72. The van der Waals surface area contributed by atoms with Crippen molar-refractivity contribution in [1.82, 2.24) is 20.1 Å². The fraction of sp³-hybridized carbons (Fsp3) is 0.100. The maximum Gasteiger partial charge on any atom is 0.269 e. The van der Waals surface area contributed by atoms with E-state index < -0.39 is 0 Å². The van der Waals surface area contributed by atoms with Gasteiger partial charge in [0.2, 0.25) is 0 Å². The molecule has 1 amide bonds. The number of hydrogen-bond donors (Lipinski definition) is 1. The number of nitrogens with one attached hydrogen (secondary N) is 1. The van der Waals surface area contributed by atoms with Crippen molar-refractivity contribution in [2.75, 3.05) is 6.54 Å². The van der Waals surface area contributed by atoms with Crippen molar-refractivity contribution in [2.45, 2.75) is 6.54 Å². The van der Waals surface area contributed by atoms with Crippen LogP contribution in [-0.2, 0) is 6.54 Å². The number of carbonyl (C=O) groups is 1. The average Bonchev–Trinajstić information content (AvgIpc) is 3.24. The summed E-state index contributed by atoms with van der Waals surface area (Å²) < 4.78 is 6.59. The molecule has 0 fully saturated rings. The van der Waals surface area contributed by atoms with Crippen LogP contribution in [0.5, 0.6) is 0 Å². The molecule has 0 radical (unpaired) electrons. The van der Waals surface area contributed by atoms with Crippen LogP contribution >= 0.6 is 0 Å². The van der Waals surface area contributed by atoms with E-state index >= 15 is 0 Å². The fourth-order valence-corrected chi connectivity index (χ4v) is 2.72. The molecular weight excluding hydrogens is 344 g/mol. The number of carbonyl (C=O) groups excluding carboxylic acids is 1. The molecule has 0 aliphatic carbocycles. The maximum absolute atomic E-state index is 12.3. The van der Waals surface area contributed by atoms with Crippen molar-refractivity contribution in [3.8, 4) is 11.5 Å². The van der Waals surface area contributed by atoms with E-state index in [0.717, 1.165) is 10.9 Å². The lowest BCUT2D eigenvalue weighted by molar-refractivity contribution is 0.0947. The molecule has 0 bridgehead atoms. The molecule has 134 valence electrons. The molecule has 3 aromatic heterocycles. The van der Waals surface area contributed by atoms with E-state index in [1.54, 1.807) is 30.5 Å². The lowest BCUT2D eigenvalue weighted by Gasteiger charge is -2.08. The molecular formula is C20H16N4O3. The van der Waals surface area contributed by atoms with E-state index in [0.29, 0.717) is 17.1 Å². The minimum atomic E-state index is -0.295. The second-order valence-corrected chi connectivity index (χ2v) is 5.90. The van der Waals surface area contributed by atoms with Gasteiger partial charge in [-0.05, 0) is 30.3 Å². The Balaban J connectivity index is 1.44. The molecule has 4 aromatic rings. The molecule has 1 aromatic carbocycles. The minimum Gasteiger partial charge on any atom is -0.463 e. The lowest BCUT2D eigenvalue weighted by Crippen LogP contribution is -2.32. The minimum absolute atomic E-state index is 0.243. The van der Waals surface area contributed by atoms with Gasteiger partial charge in [-0.25, -0.2) is 9.67 Å². The zero-order chi connectivity index (χ0) is 18.6. The zero-order valence-corrected chi connectivity index (χ0v) is 14.3. The van der Waals surface area contributed by atoms with Crippen LogP contribution in [0.3, 0.4) is 0 Å². The lowest BCUT2D eigenvalue weighted by atomic mass is 10.2. The van der Waals surface area contributed by atoms with E-state index in [1.165, 1.54) is 10.7 Å². The predicted octanol–water partition coefficient (Wildman–Crippen LogP) is 2.48. The summed E-state index contributed by atoms with van der Waals surface area (Å²) in [6, 6.07) is 17.7. The van der Waals surface area contributed by atoms with Crippen LogP contribution in [0.15, 0.2) is 76.1 Å². The molecule has 7 nitrogen and oxygen atoms in total. The molecule has 7 heteroatoms. The van der Waals surface area contributed by atoms with Crippen molar-refractivity contribution in [3.05, 3.63) is 83.0 Å². The smallest absolute Gasteiger partial charge is 0.269 e.